The van der Waals surface area contributed by atoms with Gasteiger partial charge in [-0.1, -0.05) is 60.7 Å². The van der Waals surface area contributed by atoms with E-state index in [1.807, 2.05) is 12.1 Å². The molecule has 2 rings (SSSR count). The Kier molecular flexibility index (Phi) is 5.83. The fraction of sp³-hybridized carbons (Fsp3) is 0.333. The third-order valence-corrected chi connectivity index (χ3v) is 4.13. The molecule has 0 aromatic heterocycles. The molecular weight excluding hydrogens is 330 g/mol. The molecule has 0 saturated carbocycles. The second kappa shape index (κ2) is 7.70. The van der Waals surface area contributed by atoms with Crippen molar-refractivity contribution in [3.05, 3.63) is 71.8 Å². The van der Waals surface area contributed by atoms with Crippen molar-refractivity contribution < 1.29 is 19.4 Å². The van der Waals surface area contributed by atoms with Gasteiger partial charge in [-0.2, -0.15) is 0 Å². The minimum atomic E-state index is -1.42. The summed E-state index contributed by atoms with van der Waals surface area (Å²) >= 11 is 0. The lowest BCUT2D eigenvalue weighted by Gasteiger charge is -2.39. The Morgan fingerprint density at radius 3 is 1.73 bits per heavy atom. The fourth-order valence-electron chi connectivity index (χ4n) is 3.08. The van der Waals surface area contributed by atoms with Crippen LogP contribution in [0, 0.1) is 0 Å². The average molecular weight is 355 g/mol. The monoisotopic (exact) mass is 355 g/mol. The van der Waals surface area contributed by atoms with E-state index in [0.717, 1.165) is 0 Å². The summed E-state index contributed by atoms with van der Waals surface area (Å²) in [5, 5.41) is 9.32. The molecule has 0 amide bonds. The highest BCUT2D eigenvalue weighted by Crippen LogP contribution is 2.38. The number of aliphatic carboxylic acids is 1. The number of carbonyl (C=O) groups is 2. The molecule has 0 unspecified atom stereocenters. The zero-order valence-electron chi connectivity index (χ0n) is 15.3. The molecule has 3 N–H and O–H groups in total. The summed E-state index contributed by atoms with van der Waals surface area (Å²) in [6.45, 7) is 5.32. The quantitative estimate of drug-likeness (QED) is 0.777. The van der Waals surface area contributed by atoms with Gasteiger partial charge in [0.05, 0.1) is 6.42 Å². The summed E-state index contributed by atoms with van der Waals surface area (Å²) in [6, 6.07) is 17.0. The van der Waals surface area contributed by atoms with E-state index in [9.17, 15) is 14.7 Å². The van der Waals surface area contributed by atoms with Crippen LogP contribution in [0.25, 0.3) is 0 Å². The van der Waals surface area contributed by atoms with Crippen molar-refractivity contribution >= 4 is 11.9 Å². The molecule has 0 spiro atoms. The van der Waals surface area contributed by atoms with E-state index in [1.165, 1.54) is 0 Å². The summed E-state index contributed by atoms with van der Waals surface area (Å²) in [7, 11) is 0. The number of ether oxygens (including phenoxy) is 1. The first kappa shape index (κ1) is 19.7. The molecule has 0 heterocycles. The van der Waals surface area contributed by atoms with E-state index in [0.29, 0.717) is 11.1 Å². The molecule has 0 fully saturated rings. The highest BCUT2D eigenvalue weighted by atomic mass is 16.6. The standard InChI is InChI=1S/C21H25NO4/c1-20(2,3)26-19(25)21(17(22)14-18(23)24,15-10-6-4-7-11-15)16-12-8-5-9-13-16/h4-13,17H,14,22H2,1-3H3,(H,23,24)/t17-/m0/s1. The number of esters is 1. The van der Waals surface area contributed by atoms with Crippen LogP contribution in [-0.2, 0) is 19.7 Å². The maximum absolute atomic E-state index is 13.4. The molecule has 0 radical (unpaired) electrons. The first-order valence-electron chi connectivity index (χ1n) is 8.50. The molecular formula is C21H25NO4. The van der Waals surface area contributed by atoms with Crippen LogP contribution in [0.15, 0.2) is 60.7 Å². The van der Waals surface area contributed by atoms with E-state index in [2.05, 4.69) is 0 Å². The Hall–Kier alpha value is -2.66. The van der Waals surface area contributed by atoms with Gasteiger partial charge in [-0.15, -0.1) is 0 Å². The summed E-state index contributed by atoms with van der Waals surface area (Å²) < 4.78 is 5.70. The Morgan fingerprint density at radius 2 is 1.38 bits per heavy atom. The van der Waals surface area contributed by atoms with Crippen molar-refractivity contribution in [2.45, 2.75) is 44.2 Å². The molecule has 2 aromatic rings. The van der Waals surface area contributed by atoms with Crippen LogP contribution in [0.3, 0.4) is 0 Å². The fourth-order valence-corrected chi connectivity index (χ4v) is 3.08. The van der Waals surface area contributed by atoms with Crippen molar-refractivity contribution in [2.24, 2.45) is 5.73 Å². The first-order chi connectivity index (χ1) is 12.2. The highest BCUT2D eigenvalue weighted by Gasteiger charge is 2.50. The van der Waals surface area contributed by atoms with Crippen LogP contribution in [0.5, 0.6) is 0 Å². The van der Waals surface area contributed by atoms with Crippen molar-refractivity contribution in [2.75, 3.05) is 0 Å². The van der Waals surface area contributed by atoms with Gasteiger partial charge in [0, 0.05) is 6.04 Å². The molecule has 5 nitrogen and oxygen atoms in total. The summed E-state index contributed by atoms with van der Waals surface area (Å²) in [5.74, 6) is -1.63. The van der Waals surface area contributed by atoms with Gasteiger partial charge in [0.2, 0.25) is 0 Å². The van der Waals surface area contributed by atoms with Gasteiger partial charge >= 0.3 is 11.9 Å². The predicted molar refractivity (Wildman–Crippen MR) is 99.7 cm³/mol. The van der Waals surface area contributed by atoms with E-state index < -0.39 is 29.0 Å². The number of benzene rings is 2. The molecule has 0 aliphatic carbocycles. The number of hydrogen-bond acceptors (Lipinski definition) is 4. The number of carbonyl (C=O) groups excluding carboxylic acids is 1. The lowest BCUT2D eigenvalue weighted by atomic mass is 9.68. The van der Waals surface area contributed by atoms with E-state index in [4.69, 9.17) is 10.5 Å². The molecule has 0 bridgehead atoms. The second-order valence-corrected chi connectivity index (χ2v) is 7.25. The van der Waals surface area contributed by atoms with Crippen molar-refractivity contribution in [3.8, 4) is 0 Å². The average Bonchev–Trinajstić information content (AvgIpc) is 2.55. The molecule has 5 heteroatoms. The molecule has 138 valence electrons. The van der Waals surface area contributed by atoms with Crippen LogP contribution in [0.1, 0.15) is 38.3 Å². The van der Waals surface area contributed by atoms with E-state index >= 15 is 0 Å². The molecule has 26 heavy (non-hydrogen) atoms. The van der Waals surface area contributed by atoms with E-state index in [1.54, 1.807) is 69.3 Å². The summed E-state index contributed by atoms with van der Waals surface area (Å²) in [6.07, 6.45) is -0.372. The topological polar surface area (TPSA) is 89.6 Å². The lowest BCUT2D eigenvalue weighted by Crippen LogP contribution is -2.55. The number of hydrogen-bond donors (Lipinski definition) is 2. The molecule has 1 atom stereocenters. The van der Waals surface area contributed by atoms with Gasteiger partial charge in [-0.25, -0.2) is 0 Å². The minimum absolute atomic E-state index is 0.372. The predicted octanol–water partition coefficient (Wildman–Crippen LogP) is 3.12. The van der Waals surface area contributed by atoms with Crippen molar-refractivity contribution in [1.29, 1.82) is 0 Å². The van der Waals surface area contributed by atoms with Gasteiger partial charge in [0.15, 0.2) is 0 Å². The van der Waals surface area contributed by atoms with Crippen LogP contribution < -0.4 is 5.73 Å². The van der Waals surface area contributed by atoms with Gasteiger partial charge in [-0.05, 0) is 31.9 Å². The number of rotatable bonds is 6. The third-order valence-electron chi connectivity index (χ3n) is 4.13. The highest BCUT2D eigenvalue weighted by molar-refractivity contribution is 5.90. The zero-order valence-corrected chi connectivity index (χ0v) is 15.3. The number of nitrogens with two attached hydrogens (primary N) is 1. The van der Waals surface area contributed by atoms with Gasteiger partial charge in [-0.3, -0.25) is 9.59 Å². The molecule has 2 aromatic carbocycles. The third kappa shape index (κ3) is 4.11. The Labute approximate surface area is 153 Å². The van der Waals surface area contributed by atoms with Gasteiger partial charge < -0.3 is 15.6 Å². The zero-order chi connectivity index (χ0) is 19.4. The summed E-state index contributed by atoms with van der Waals surface area (Å²) in [4.78, 5) is 24.8. The maximum atomic E-state index is 13.4. The SMILES string of the molecule is CC(C)(C)OC(=O)C(c1ccccc1)(c1ccccc1)[C@@H](N)CC(=O)O. The maximum Gasteiger partial charge on any atom is 0.323 e. The minimum Gasteiger partial charge on any atom is -0.481 e. The van der Waals surface area contributed by atoms with Crippen molar-refractivity contribution in [1.82, 2.24) is 0 Å². The molecule has 0 aliphatic rings. The Bertz CT molecular complexity index is 711. The van der Waals surface area contributed by atoms with Gasteiger partial charge in [0.1, 0.15) is 11.0 Å². The largest absolute Gasteiger partial charge is 0.481 e. The second-order valence-electron chi connectivity index (χ2n) is 7.25. The lowest BCUT2D eigenvalue weighted by molar-refractivity contribution is -0.161. The van der Waals surface area contributed by atoms with Gasteiger partial charge in [0.25, 0.3) is 0 Å². The smallest absolute Gasteiger partial charge is 0.323 e. The van der Waals surface area contributed by atoms with Crippen molar-refractivity contribution in [3.63, 3.8) is 0 Å². The molecule has 0 aliphatic heterocycles. The van der Waals surface area contributed by atoms with Crippen LogP contribution in [0.4, 0.5) is 0 Å². The number of carboxylic acid groups (broad SMARTS) is 1. The van der Waals surface area contributed by atoms with Crippen LogP contribution >= 0.6 is 0 Å². The Balaban J connectivity index is 2.75. The molecule has 0 saturated heterocycles. The summed E-state index contributed by atoms with van der Waals surface area (Å²) in [5.41, 5.74) is 5.40. The van der Waals surface area contributed by atoms with Crippen LogP contribution in [-0.4, -0.2) is 28.7 Å². The Morgan fingerprint density at radius 1 is 0.962 bits per heavy atom. The van der Waals surface area contributed by atoms with E-state index in [-0.39, 0.29) is 6.42 Å². The first-order valence-corrected chi connectivity index (χ1v) is 8.50. The number of carboxylic acids is 1. The van der Waals surface area contributed by atoms with Crippen LogP contribution in [0.2, 0.25) is 0 Å². The normalized spacial score (nSPS) is 13.1.